The first-order valence-corrected chi connectivity index (χ1v) is 7.90. The van der Waals surface area contributed by atoms with Crippen LogP contribution in [-0.4, -0.2) is 33.0 Å². The molecule has 0 aliphatic heterocycles. The molecule has 0 aromatic carbocycles. The minimum atomic E-state index is -0.273. The SMILES string of the molecule is CC(C)(C)CC(CO)NC(=O)/C=C/c1c(Cl)nc2ccccn12. The predicted molar refractivity (Wildman–Crippen MR) is 92.3 cm³/mol. The number of rotatable bonds is 5. The topological polar surface area (TPSA) is 66.6 Å². The summed E-state index contributed by atoms with van der Waals surface area (Å²) >= 11 is 6.12. The molecule has 2 aromatic rings. The van der Waals surface area contributed by atoms with Crippen LogP contribution in [0.4, 0.5) is 0 Å². The molecule has 0 saturated heterocycles. The van der Waals surface area contributed by atoms with E-state index in [0.29, 0.717) is 17.3 Å². The lowest BCUT2D eigenvalue weighted by atomic mass is 9.88. The summed E-state index contributed by atoms with van der Waals surface area (Å²) in [6.45, 7) is 6.11. The maximum Gasteiger partial charge on any atom is 0.244 e. The number of hydrogen-bond acceptors (Lipinski definition) is 3. The van der Waals surface area contributed by atoms with Crippen LogP contribution in [0.2, 0.25) is 5.15 Å². The Balaban J connectivity index is 2.09. The zero-order valence-corrected chi connectivity index (χ0v) is 14.3. The van der Waals surface area contributed by atoms with E-state index in [2.05, 4.69) is 31.1 Å². The van der Waals surface area contributed by atoms with E-state index in [1.54, 1.807) is 6.08 Å². The van der Waals surface area contributed by atoms with Gasteiger partial charge in [0, 0.05) is 12.3 Å². The summed E-state index contributed by atoms with van der Waals surface area (Å²) in [5.74, 6) is -0.268. The summed E-state index contributed by atoms with van der Waals surface area (Å²) in [7, 11) is 0. The van der Waals surface area contributed by atoms with Gasteiger partial charge in [0.05, 0.1) is 18.3 Å². The highest BCUT2D eigenvalue weighted by Crippen LogP contribution is 2.21. The Hall–Kier alpha value is -1.85. The Kier molecular flexibility index (Phi) is 5.44. The summed E-state index contributed by atoms with van der Waals surface area (Å²) < 4.78 is 1.81. The van der Waals surface area contributed by atoms with Crippen LogP contribution in [0.15, 0.2) is 30.5 Å². The lowest BCUT2D eigenvalue weighted by molar-refractivity contribution is -0.117. The second-order valence-electron chi connectivity index (χ2n) is 6.70. The Morgan fingerprint density at radius 3 is 2.87 bits per heavy atom. The van der Waals surface area contributed by atoms with Crippen molar-refractivity contribution in [2.75, 3.05) is 6.61 Å². The van der Waals surface area contributed by atoms with Crippen molar-refractivity contribution in [3.05, 3.63) is 41.3 Å². The summed E-state index contributed by atoms with van der Waals surface area (Å²) in [6, 6.07) is 5.31. The Labute approximate surface area is 141 Å². The molecule has 0 fully saturated rings. The van der Waals surface area contributed by atoms with Crippen molar-refractivity contribution in [3.8, 4) is 0 Å². The van der Waals surface area contributed by atoms with E-state index in [0.717, 1.165) is 5.65 Å². The molecular formula is C17H22ClN3O2. The maximum absolute atomic E-state index is 12.1. The lowest BCUT2D eigenvalue weighted by Crippen LogP contribution is -2.39. The molecular weight excluding hydrogens is 314 g/mol. The fourth-order valence-electron chi connectivity index (χ4n) is 2.44. The number of halogens is 1. The fourth-order valence-corrected chi connectivity index (χ4v) is 2.68. The number of nitrogens with zero attached hydrogens (tertiary/aromatic N) is 2. The highest BCUT2D eigenvalue weighted by Gasteiger charge is 2.19. The average molecular weight is 336 g/mol. The van der Waals surface area contributed by atoms with Gasteiger partial charge in [-0.05, 0) is 30.0 Å². The Bertz CT molecular complexity index is 716. The molecule has 0 aliphatic rings. The van der Waals surface area contributed by atoms with Gasteiger partial charge in [-0.2, -0.15) is 0 Å². The molecule has 2 aromatic heterocycles. The summed E-state index contributed by atoms with van der Waals surface area (Å²) in [5, 5.41) is 12.5. The normalized spacial score (nSPS) is 13.6. The number of hydrogen-bond donors (Lipinski definition) is 2. The number of carbonyl (C=O) groups is 1. The molecule has 1 unspecified atom stereocenters. The number of pyridine rings is 1. The van der Waals surface area contributed by atoms with Crippen LogP contribution in [0.3, 0.4) is 0 Å². The second-order valence-corrected chi connectivity index (χ2v) is 7.06. The van der Waals surface area contributed by atoms with Gasteiger partial charge >= 0.3 is 0 Å². The quantitative estimate of drug-likeness (QED) is 0.826. The van der Waals surface area contributed by atoms with Gasteiger partial charge in [0.2, 0.25) is 5.91 Å². The van der Waals surface area contributed by atoms with E-state index in [1.165, 1.54) is 6.08 Å². The number of aliphatic hydroxyl groups is 1. The molecule has 5 nitrogen and oxygen atoms in total. The maximum atomic E-state index is 12.1. The Morgan fingerprint density at radius 1 is 1.48 bits per heavy atom. The van der Waals surface area contributed by atoms with E-state index >= 15 is 0 Å². The van der Waals surface area contributed by atoms with Crippen molar-refractivity contribution < 1.29 is 9.90 Å². The van der Waals surface area contributed by atoms with E-state index in [-0.39, 0.29) is 24.0 Å². The van der Waals surface area contributed by atoms with Gasteiger partial charge in [-0.3, -0.25) is 9.20 Å². The standard InChI is InChI=1S/C17H22ClN3O2/c1-17(2,3)10-12(11-22)19-15(23)8-7-13-16(18)20-14-6-4-5-9-21(13)14/h4-9,12,22H,10-11H2,1-3H3,(H,19,23)/b8-7+. The molecule has 2 rings (SSSR count). The van der Waals surface area contributed by atoms with Crippen molar-refractivity contribution in [2.24, 2.45) is 5.41 Å². The number of aromatic nitrogens is 2. The number of aliphatic hydroxyl groups excluding tert-OH is 1. The van der Waals surface area contributed by atoms with Crippen LogP contribution in [0.25, 0.3) is 11.7 Å². The number of amides is 1. The van der Waals surface area contributed by atoms with E-state index in [9.17, 15) is 9.90 Å². The third-order valence-corrected chi connectivity index (χ3v) is 3.62. The number of fused-ring (bicyclic) bond motifs is 1. The molecule has 0 bridgehead atoms. The van der Waals surface area contributed by atoms with Gasteiger partial charge < -0.3 is 10.4 Å². The molecule has 6 heteroatoms. The summed E-state index contributed by atoms with van der Waals surface area (Å²) in [4.78, 5) is 16.3. The van der Waals surface area contributed by atoms with Crippen LogP contribution >= 0.6 is 11.6 Å². The van der Waals surface area contributed by atoms with E-state index in [1.807, 2.05) is 28.8 Å². The molecule has 23 heavy (non-hydrogen) atoms. The molecule has 1 atom stereocenters. The third kappa shape index (κ3) is 4.81. The predicted octanol–water partition coefficient (Wildman–Crippen LogP) is 2.91. The van der Waals surface area contributed by atoms with Gasteiger partial charge in [0.1, 0.15) is 5.65 Å². The average Bonchev–Trinajstić information content (AvgIpc) is 2.78. The van der Waals surface area contributed by atoms with Crippen molar-refractivity contribution >= 4 is 29.2 Å². The lowest BCUT2D eigenvalue weighted by Gasteiger charge is -2.24. The smallest absolute Gasteiger partial charge is 0.244 e. The van der Waals surface area contributed by atoms with Crippen LogP contribution < -0.4 is 5.32 Å². The monoisotopic (exact) mass is 335 g/mol. The zero-order valence-electron chi connectivity index (χ0n) is 13.6. The molecule has 2 N–H and O–H groups in total. The van der Waals surface area contributed by atoms with Gasteiger partial charge in [-0.15, -0.1) is 0 Å². The molecule has 2 heterocycles. The van der Waals surface area contributed by atoms with Crippen molar-refractivity contribution in [1.29, 1.82) is 0 Å². The highest BCUT2D eigenvalue weighted by atomic mass is 35.5. The number of nitrogens with one attached hydrogen (secondary N) is 1. The van der Waals surface area contributed by atoms with Gasteiger partial charge in [-0.1, -0.05) is 38.4 Å². The van der Waals surface area contributed by atoms with Crippen molar-refractivity contribution in [1.82, 2.24) is 14.7 Å². The molecule has 124 valence electrons. The Morgan fingerprint density at radius 2 is 2.22 bits per heavy atom. The molecule has 0 saturated carbocycles. The van der Waals surface area contributed by atoms with Gasteiger partial charge in [0.15, 0.2) is 5.15 Å². The minimum Gasteiger partial charge on any atom is -0.394 e. The first kappa shape index (κ1) is 17.5. The fraction of sp³-hybridized carbons (Fsp3) is 0.412. The van der Waals surface area contributed by atoms with Gasteiger partial charge in [-0.25, -0.2) is 4.98 Å². The van der Waals surface area contributed by atoms with Crippen LogP contribution in [0.1, 0.15) is 32.9 Å². The zero-order chi connectivity index (χ0) is 17.0. The first-order valence-electron chi connectivity index (χ1n) is 7.52. The first-order chi connectivity index (χ1) is 10.8. The molecule has 1 amide bonds. The highest BCUT2D eigenvalue weighted by molar-refractivity contribution is 6.31. The van der Waals surface area contributed by atoms with Crippen LogP contribution in [0.5, 0.6) is 0 Å². The molecule has 0 radical (unpaired) electrons. The largest absolute Gasteiger partial charge is 0.394 e. The minimum absolute atomic E-state index is 0.0232. The van der Waals surface area contributed by atoms with Crippen LogP contribution in [-0.2, 0) is 4.79 Å². The van der Waals surface area contributed by atoms with Gasteiger partial charge in [0.25, 0.3) is 0 Å². The summed E-state index contributed by atoms with van der Waals surface area (Å²) in [5.41, 5.74) is 1.39. The summed E-state index contributed by atoms with van der Waals surface area (Å²) in [6.07, 6.45) is 5.57. The third-order valence-electron chi connectivity index (χ3n) is 3.34. The van der Waals surface area contributed by atoms with Crippen molar-refractivity contribution in [3.63, 3.8) is 0 Å². The number of carbonyl (C=O) groups excluding carboxylic acids is 1. The number of imidazole rings is 1. The van der Waals surface area contributed by atoms with E-state index in [4.69, 9.17) is 11.6 Å². The van der Waals surface area contributed by atoms with Crippen molar-refractivity contribution in [2.45, 2.75) is 33.2 Å². The molecule has 0 aliphatic carbocycles. The van der Waals surface area contributed by atoms with E-state index < -0.39 is 0 Å². The second kappa shape index (κ2) is 7.15. The molecule has 0 spiro atoms. The van der Waals surface area contributed by atoms with Crippen LogP contribution in [0, 0.1) is 5.41 Å².